The number of ether oxygens (including phenoxy) is 1. The summed E-state index contributed by atoms with van der Waals surface area (Å²) in [7, 11) is 1.55. The highest BCUT2D eigenvalue weighted by Gasteiger charge is 2.10. The van der Waals surface area contributed by atoms with Gasteiger partial charge < -0.3 is 4.74 Å². The van der Waals surface area contributed by atoms with E-state index in [0.717, 1.165) is 0 Å². The Morgan fingerprint density at radius 1 is 1.57 bits per heavy atom. The number of carbonyl (C=O) groups is 1. The van der Waals surface area contributed by atoms with Gasteiger partial charge in [0, 0.05) is 19.1 Å². The van der Waals surface area contributed by atoms with Crippen molar-refractivity contribution in [3.8, 4) is 0 Å². The van der Waals surface area contributed by atoms with E-state index in [9.17, 15) is 9.18 Å². The van der Waals surface area contributed by atoms with Crippen LogP contribution in [0.1, 0.15) is 23.7 Å². The third-order valence-corrected chi connectivity index (χ3v) is 2.02. The first-order chi connectivity index (χ1) is 6.63. The van der Waals surface area contributed by atoms with E-state index in [1.165, 1.54) is 18.2 Å². The molecule has 0 fully saturated rings. The Kier molecular flexibility index (Phi) is 3.77. The third-order valence-electron chi connectivity index (χ3n) is 2.02. The maximum absolute atomic E-state index is 12.8. The van der Waals surface area contributed by atoms with Crippen LogP contribution in [0.15, 0.2) is 24.3 Å². The van der Waals surface area contributed by atoms with Gasteiger partial charge in [0.25, 0.3) is 0 Å². The Bertz CT molecular complexity index is 323. The Morgan fingerprint density at radius 3 is 2.86 bits per heavy atom. The second-order valence-corrected chi connectivity index (χ2v) is 3.18. The van der Waals surface area contributed by atoms with Crippen LogP contribution in [0.25, 0.3) is 0 Å². The first-order valence-electron chi connectivity index (χ1n) is 4.45. The number of hydrogen-bond donors (Lipinski definition) is 0. The molecule has 0 radical (unpaired) electrons. The lowest BCUT2D eigenvalue weighted by Gasteiger charge is -2.07. The van der Waals surface area contributed by atoms with Gasteiger partial charge in [0.1, 0.15) is 5.82 Å². The molecule has 0 saturated heterocycles. The van der Waals surface area contributed by atoms with Crippen LogP contribution in [0.2, 0.25) is 0 Å². The second-order valence-electron chi connectivity index (χ2n) is 3.18. The molecule has 0 N–H and O–H groups in total. The van der Waals surface area contributed by atoms with E-state index in [-0.39, 0.29) is 24.1 Å². The zero-order chi connectivity index (χ0) is 10.6. The fourth-order valence-electron chi connectivity index (χ4n) is 1.12. The SMILES string of the molecule is COC(C)CC(=O)c1cccc(F)c1. The summed E-state index contributed by atoms with van der Waals surface area (Å²) in [6.45, 7) is 1.80. The highest BCUT2D eigenvalue weighted by molar-refractivity contribution is 5.96. The summed E-state index contributed by atoms with van der Waals surface area (Å²) in [5, 5.41) is 0. The summed E-state index contributed by atoms with van der Waals surface area (Å²) >= 11 is 0. The summed E-state index contributed by atoms with van der Waals surface area (Å²) in [6.07, 6.45) is 0.144. The molecule has 0 aliphatic rings. The molecule has 0 heterocycles. The van der Waals surface area contributed by atoms with Crippen molar-refractivity contribution < 1.29 is 13.9 Å². The summed E-state index contributed by atoms with van der Waals surface area (Å²) < 4.78 is 17.7. The normalized spacial score (nSPS) is 12.5. The predicted molar refractivity (Wildman–Crippen MR) is 51.8 cm³/mol. The van der Waals surface area contributed by atoms with Crippen molar-refractivity contribution in [3.63, 3.8) is 0 Å². The highest BCUT2D eigenvalue weighted by Crippen LogP contribution is 2.08. The first-order valence-corrected chi connectivity index (χ1v) is 4.45. The molecule has 0 bridgehead atoms. The van der Waals surface area contributed by atoms with E-state index >= 15 is 0 Å². The number of Topliss-reactive ketones (excluding diaryl/α,β-unsaturated/α-hetero) is 1. The predicted octanol–water partition coefficient (Wildman–Crippen LogP) is 2.43. The number of carbonyl (C=O) groups excluding carboxylic acids is 1. The molecule has 2 nitrogen and oxygen atoms in total. The van der Waals surface area contributed by atoms with Crippen molar-refractivity contribution in [1.29, 1.82) is 0 Å². The number of methoxy groups -OCH3 is 1. The van der Waals surface area contributed by atoms with E-state index in [4.69, 9.17) is 4.74 Å². The molecule has 0 spiro atoms. The van der Waals surface area contributed by atoms with Crippen molar-refractivity contribution in [2.45, 2.75) is 19.4 Å². The Labute approximate surface area is 82.7 Å². The minimum Gasteiger partial charge on any atom is -0.381 e. The first kappa shape index (κ1) is 10.9. The molecule has 1 aromatic carbocycles. The number of ketones is 1. The van der Waals surface area contributed by atoms with Gasteiger partial charge in [-0.3, -0.25) is 4.79 Å². The molecule has 76 valence electrons. The topological polar surface area (TPSA) is 26.3 Å². The van der Waals surface area contributed by atoms with E-state index in [0.29, 0.717) is 5.56 Å². The smallest absolute Gasteiger partial charge is 0.165 e. The average Bonchev–Trinajstić information content (AvgIpc) is 2.17. The maximum atomic E-state index is 12.8. The van der Waals surface area contributed by atoms with Crippen LogP contribution in [-0.4, -0.2) is 19.0 Å². The Morgan fingerprint density at radius 2 is 2.29 bits per heavy atom. The van der Waals surface area contributed by atoms with Crippen LogP contribution in [0, 0.1) is 5.82 Å². The molecule has 0 aromatic heterocycles. The Balaban J connectivity index is 2.70. The minimum absolute atomic E-state index is 0.0983. The van der Waals surface area contributed by atoms with Gasteiger partial charge in [-0.25, -0.2) is 4.39 Å². The summed E-state index contributed by atoms with van der Waals surface area (Å²) in [6, 6.07) is 5.69. The zero-order valence-electron chi connectivity index (χ0n) is 8.29. The number of rotatable bonds is 4. The van der Waals surface area contributed by atoms with E-state index in [1.54, 1.807) is 20.1 Å². The summed E-state index contributed by atoms with van der Waals surface area (Å²) in [5.74, 6) is -0.486. The summed E-state index contributed by atoms with van der Waals surface area (Å²) in [4.78, 5) is 11.5. The van der Waals surface area contributed by atoms with Gasteiger partial charge in [-0.2, -0.15) is 0 Å². The Hall–Kier alpha value is -1.22. The summed E-state index contributed by atoms with van der Waals surface area (Å²) in [5.41, 5.74) is 0.397. The lowest BCUT2D eigenvalue weighted by molar-refractivity contribution is 0.0791. The quantitative estimate of drug-likeness (QED) is 0.691. The average molecular weight is 196 g/mol. The van der Waals surface area contributed by atoms with Gasteiger partial charge in [0.2, 0.25) is 0 Å². The largest absolute Gasteiger partial charge is 0.381 e. The van der Waals surface area contributed by atoms with Crippen LogP contribution in [-0.2, 0) is 4.74 Å². The van der Waals surface area contributed by atoms with Gasteiger partial charge in [0.15, 0.2) is 5.78 Å². The second kappa shape index (κ2) is 4.86. The van der Waals surface area contributed by atoms with Crippen molar-refractivity contribution >= 4 is 5.78 Å². The van der Waals surface area contributed by atoms with Crippen molar-refractivity contribution in [3.05, 3.63) is 35.6 Å². The molecule has 0 aliphatic heterocycles. The van der Waals surface area contributed by atoms with Crippen molar-refractivity contribution in [2.24, 2.45) is 0 Å². The van der Waals surface area contributed by atoms with Gasteiger partial charge in [-0.05, 0) is 19.1 Å². The lowest BCUT2D eigenvalue weighted by Crippen LogP contribution is -2.12. The standard InChI is InChI=1S/C11H13FO2/c1-8(14-2)6-11(13)9-4-3-5-10(12)7-9/h3-5,7-8H,6H2,1-2H3. The minimum atomic E-state index is -0.388. The van der Waals surface area contributed by atoms with Gasteiger partial charge in [0.05, 0.1) is 6.10 Å². The van der Waals surface area contributed by atoms with E-state index in [1.807, 2.05) is 0 Å². The lowest BCUT2D eigenvalue weighted by atomic mass is 10.1. The number of hydrogen-bond acceptors (Lipinski definition) is 2. The molecular formula is C11H13FO2. The van der Waals surface area contributed by atoms with Gasteiger partial charge in [-0.1, -0.05) is 12.1 Å². The molecule has 0 amide bonds. The molecule has 14 heavy (non-hydrogen) atoms. The molecule has 0 aliphatic carbocycles. The fourth-order valence-corrected chi connectivity index (χ4v) is 1.12. The highest BCUT2D eigenvalue weighted by atomic mass is 19.1. The monoisotopic (exact) mass is 196 g/mol. The fraction of sp³-hybridized carbons (Fsp3) is 0.364. The van der Waals surface area contributed by atoms with E-state index < -0.39 is 0 Å². The van der Waals surface area contributed by atoms with Crippen molar-refractivity contribution in [1.82, 2.24) is 0 Å². The molecule has 3 heteroatoms. The molecule has 0 saturated carbocycles. The third kappa shape index (κ3) is 2.92. The number of benzene rings is 1. The van der Waals surface area contributed by atoms with Crippen LogP contribution in [0.4, 0.5) is 4.39 Å². The molecule has 1 aromatic rings. The molecule has 1 unspecified atom stereocenters. The molecule has 1 rings (SSSR count). The van der Waals surface area contributed by atoms with E-state index in [2.05, 4.69) is 0 Å². The van der Waals surface area contributed by atoms with Crippen molar-refractivity contribution in [2.75, 3.05) is 7.11 Å². The van der Waals surface area contributed by atoms with Gasteiger partial charge in [-0.15, -0.1) is 0 Å². The molecule has 1 atom stereocenters. The van der Waals surface area contributed by atoms with Crippen LogP contribution >= 0.6 is 0 Å². The van der Waals surface area contributed by atoms with Crippen LogP contribution < -0.4 is 0 Å². The van der Waals surface area contributed by atoms with Crippen LogP contribution in [0.3, 0.4) is 0 Å². The van der Waals surface area contributed by atoms with Crippen LogP contribution in [0.5, 0.6) is 0 Å². The zero-order valence-corrected chi connectivity index (χ0v) is 8.29. The van der Waals surface area contributed by atoms with Gasteiger partial charge >= 0.3 is 0 Å². The molecular weight excluding hydrogens is 183 g/mol. The number of halogens is 1. The maximum Gasteiger partial charge on any atom is 0.165 e.